The standard InChI is InChI=1S/C6H3F3NOS/c7-6(8,9)4-1-2-5(12)10(11)3-4/h1-3H/q-1. The van der Waals surface area contributed by atoms with Gasteiger partial charge in [0.25, 0.3) is 0 Å². The molecule has 0 bridgehead atoms. The van der Waals surface area contributed by atoms with Gasteiger partial charge in [0.15, 0.2) is 0 Å². The van der Waals surface area contributed by atoms with Crippen LogP contribution in [0, 0.1) is 9.85 Å². The molecule has 0 aliphatic rings. The van der Waals surface area contributed by atoms with Crippen LogP contribution >= 0.6 is 12.2 Å². The lowest BCUT2D eigenvalue weighted by atomic mass is 10.3. The monoisotopic (exact) mass is 194 g/mol. The van der Waals surface area contributed by atoms with Gasteiger partial charge in [-0.05, 0) is 12.1 Å². The molecule has 0 aliphatic heterocycles. The third kappa shape index (κ3) is 1.76. The van der Waals surface area contributed by atoms with Crippen LogP contribution in [-0.4, -0.2) is 4.73 Å². The Labute approximate surface area is 70.8 Å². The van der Waals surface area contributed by atoms with Gasteiger partial charge < -0.3 is 9.94 Å². The summed E-state index contributed by atoms with van der Waals surface area (Å²) in [7, 11) is 0. The highest BCUT2D eigenvalue weighted by Crippen LogP contribution is 2.28. The zero-order chi connectivity index (χ0) is 9.35. The molecule has 1 rings (SSSR count). The molecule has 1 aromatic rings. The van der Waals surface area contributed by atoms with E-state index in [2.05, 4.69) is 12.2 Å². The van der Waals surface area contributed by atoms with Crippen LogP contribution in [0.2, 0.25) is 0 Å². The molecule has 0 saturated heterocycles. The van der Waals surface area contributed by atoms with Crippen molar-refractivity contribution in [2.45, 2.75) is 6.18 Å². The number of rotatable bonds is 0. The second kappa shape index (κ2) is 2.78. The van der Waals surface area contributed by atoms with E-state index in [0.717, 1.165) is 12.1 Å². The van der Waals surface area contributed by atoms with E-state index < -0.39 is 11.7 Å². The van der Waals surface area contributed by atoms with Crippen molar-refractivity contribution in [2.75, 3.05) is 0 Å². The van der Waals surface area contributed by atoms with Crippen LogP contribution in [0.25, 0.3) is 0 Å². The molecule has 12 heavy (non-hydrogen) atoms. The molecule has 0 N–H and O–H groups in total. The first-order valence-electron chi connectivity index (χ1n) is 2.88. The van der Waals surface area contributed by atoms with Gasteiger partial charge in [-0.3, -0.25) is 0 Å². The zero-order valence-corrected chi connectivity index (χ0v) is 6.45. The van der Waals surface area contributed by atoms with Crippen LogP contribution < -0.4 is 0 Å². The lowest BCUT2D eigenvalue weighted by Gasteiger charge is -2.13. The van der Waals surface area contributed by atoms with Crippen molar-refractivity contribution in [3.8, 4) is 0 Å². The summed E-state index contributed by atoms with van der Waals surface area (Å²) in [4.78, 5) is 0. The van der Waals surface area contributed by atoms with Crippen molar-refractivity contribution in [3.05, 3.63) is 33.7 Å². The highest BCUT2D eigenvalue weighted by atomic mass is 32.1. The van der Waals surface area contributed by atoms with E-state index in [1.807, 2.05) is 0 Å². The summed E-state index contributed by atoms with van der Waals surface area (Å²) in [6.07, 6.45) is -4.07. The maximum Gasteiger partial charge on any atom is 0.417 e. The minimum atomic E-state index is -4.49. The Hall–Kier alpha value is -1.04. The molecule has 66 valence electrons. The lowest BCUT2D eigenvalue weighted by Crippen LogP contribution is -2.07. The maximum absolute atomic E-state index is 11.9. The highest BCUT2D eigenvalue weighted by Gasteiger charge is 2.30. The summed E-state index contributed by atoms with van der Waals surface area (Å²) in [5, 5.41) is 10.6. The molecule has 0 aromatic carbocycles. The fourth-order valence-corrected chi connectivity index (χ4v) is 0.756. The Kier molecular flexibility index (Phi) is 2.10. The van der Waals surface area contributed by atoms with Gasteiger partial charge in [0.1, 0.15) is 4.64 Å². The van der Waals surface area contributed by atoms with Gasteiger partial charge in [0, 0.05) is 6.20 Å². The minimum Gasteiger partial charge on any atom is -0.805 e. The Morgan fingerprint density at radius 2 is 1.92 bits per heavy atom. The normalized spacial score (nSPS) is 11.6. The fraction of sp³-hybridized carbons (Fsp3) is 0.167. The largest absolute Gasteiger partial charge is 0.805 e. The Balaban J connectivity index is 3.23. The van der Waals surface area contributed by atoms with Gasteiger partial charge in [0.05, 0.1) is 5.56 Å². The van der Waals surface area contributed by atoms with Crippen LogP contribution in [0.15, 0.2) is 18.3 Å². The SMILES string of the molecule is [O-]n1cc(C(F)(F)F)ccc1=S. The van der Waals surface area contributed by atoms with Crippen molar-refractivity contribution in [1.29, 1.82) is 0 Å². The number of pyridine rings is 1. The van der Waals surface area contributed by atoms with Crippen LogP contribution in [0.5, 0.6) is 0 Å². The Bertz CT molecular complexity index is 343. The predicted molar refractivity (Wildman–Crippen MR) is 39.0 cm³/mol. The van der Waals surface area contributed by atoms with Crippen molar-refractivity contribution in [2.24, 2.45) is 0 Å². The average molecular weight is 194 g/mol. The van der Waals surface area contributed by atoms with Crippen molar-refractivity contribution in [1.82, 2.24) is 4.73 Å². The second-order valence-corrected chi connectivity index (χ2v) is 2.50. The molecule has 0 saturated carbocycles. The average Bonchev–Trinajstić information content (AvgIpc) is 1.92. The molecule has 1 aromatic heterocycles. The van der Waals surface area contributed by atoms with Crippen molar-refractivity contribution in [3.63, 3.8) is 0 Å². The smallest absolute Gasteiger partial charge is 0.417 e. The van der Waals surface area contributed by atoms with Crippen LogP contribution in [-0.2, 0) is 6.18 Å². The van der Waals surface area contributed by atoms with E-state index in [9.17, 15) is 18.4 Å². The molecule has 2 nitrogen and oxygen atoms in total. The van der Waals surface area contributed by atoms with Gasteiger partial charge in [0.2, 0.25) is 0 Å². The van der Waals surface area contributed by atoms with Crippen LogP contribution in [0.3, 0.4) is 0 Å². The fourth-order valence-electron chi connectivity index (χ4n) is 0.635. The highest BCUT2D eigenvalue weighted by molar-refractivity contribution is 7.71. The molecule has 0 aliphatic carbocycles. The van der Waals surface area contributed by atoms with Gasteiger partial charge >= 0.3 is 6.18 Å². The molecule has 0 atom stereocenters. The number of nitrogens with zero attached hydrogens (tertiary/aromatic N) is 1. The van der Waals surface area contributed by atoms with E-state index in [0.29, 0.717) is 6.20 Å². The minimum absolute atomic E-state index is 0.0121. The molecule has 0 radical (unpaired) electrons. The number of alkyl halides is 3. The summed E-state index contributed by atoms with van der Waals surface area (Å²) in [6.45, 7) is 0. The zero-order valence-electron chi connectivity index (χ0n) is 5.63. The summed E-state index contributed by atoms with van der Waals surface area (Å²) in [5.41, 5.74) is -0.994. The predicted octanol–water partition coefficient (Wildman–Crippen LogP) is 2.58. The van der Waals surface area contributed by atoms with Gasteiger partial charge in [-0.25, -0.2) is 0 Å². The van der Waals surface area contributed by atoms with E-state index in [1.54, 1.807) is 0 Å². The summed E-state index contributed by atoms with van der Waals surface area (Å²) in [5.74, 6) is 0. The van der Waals surface area contributed by atoms with Crippen LogP contribution in [0.4, 0.5) is 13.2 Å². The third-order valence-electron chi connectivity index (χ3n) is 1.21. The molecule has 6 heteroatoms. The molecule has 0 unspecified atom stereocenters. The first-order valence-corrected chi connectivity index (χ1v) is 3.29. The van der Waals surface area contributed by atoms with Gasteiger partial charge in [-0.1, -0.05) is 12.2 Å². The Morgan fingerprint density at radius 1 is 1.33 bits per heavy atom. The summed E-state index contributed by atoms with van der Waals surface area (Å²) in [6, 6.07) is 1.72. The number of hydrogen-bond acceptors (Lipinski definition) is 2. The van der Waals surface area contributed by atoms with Crippen LogP contribution in [0.1, 0.15) is 5.56 Å². The van der Waals surface area contributed by atoms with E-state index in [-0.39, 0.29) is 9.37 Å². The van der Waals surface area contributed by atoms with E-state index >= 15 is 0 Å². The molecular weight excluding hydrogens is 191 g/mol. The summed E-state index contributed by atoms with van der Waals surface area (Å²) < 4.78 is 35.6. The second-order valence-electron chi connectivity index (χ2n) is 2.08. The molecule has 0 fully saturated rings. The lowest BCUT2D eigenvalue weighted by molar-refractivity contribution is -0.137. The first kappa shape index (κ1) is 9.05. The van der Waals surface area contributed by atoms with E-state index in [4.69, 9.17) is 0 Å². The Morgan fingerprint density at radius 3 is 2.33 bits per heavy atom. The van der Waals surface area contributed by atoms with Gasteiger partial charge in [-0.15, -0.1) is 0 Å². The van der Waals surface area contributed by atoms with Crippen molar-refractivity contribution >= 4 is 12.2 Å². The topological polar surface area (TPSA) is 28.0 Å². The molecule has 1 heterocycles. The van der Waals surface area contributed by atoms with E-state index in [1.165, 1.54) is 0 Å². The number of hydrogen-bond donors (Lipinski definition) is 0. The number of halogens is 3. The molecular formula is C6H3F3NOS-. The quantitative estimate of drug-likeness (QED) is 0.593. The van der Waals surface area contributed by atoms with Crippen molar-refractivity contribution < 1.29 is 13.2 Å². The summed E-state index contributed by atoms with van der Waals surface area (Å²) >= 11 is 4.42. The third-order valence-corrected chi connectivity index (χ3v) is 1.52. The molecule has 0 amide bonds. The first-order chi connectivity index (χ1) is 5.41. The van der Waals surface area contributed by atoms with Gasteiger partial charge in [-0.2, -0.15) is 13.2 Å². The molecule has 0 spiro atoms. The maximum atomic E-state index is 11.9. The number of aromatic nitrogens is 1.